The lowest BCUT2D eigenvalue weighted by molar-refractivity contribution is -0.138. The molecule has 10 heteroatoms. The number of hydrogen-bond donors (Lipinski definition) is 4. The Hall–Kier alpha value is -3.44. The number of anilines is 2. The average molecular weight is 477 g/mol. The number of nitrogens with two attached hydrogens (primary N) is 1. The highest BCUT2D eigenvalue weighted by Gasteiger charge is 2.18. The Bertz CT molecular complexity index is 1100. The molecule has 0 unspecified atom stereocenters. The second-order valence-electron chi connectivity index (χ2n) is 8.55. The quantitative estimate of drug-likeness (QED) is 0.302. The second-order valence-corrected chi connectivity index (χ2v) is 8.55. The highest BCUT2D eigenvalue weighted by atomic mass is 16.4. The summed E-state index contributed by atoms with van der Waals surface area (Å²) in [4.78, 5) is 28.6. The number of benzene rings is 1. The van der Waals surface area contributed by atoms with Crippen molar-refractivity contribution in [3.05, 3.63) is 66.4 Å². The van der Waals surface area contributed by atoms with Gasteiger partial charge in [0.05, 0.1) is 13.1 Å². The number of nitrogens with zero attached hydrogens (tertiary/aromatic N) is 5. The van der Waals surface area contributed by atoms with E-state index < -0.39 is 5.97 Å². The molecule has 1 saturated heterocycles. The molecule has 0 saturated carbocycles. The molecule has 0 bridgehead atoms. The summed E-state index contributed by atoms with van der Waals surface area (Å²) in [7, 11) is 0. The standard InChI is InChI=1S/C25H32N8O2/c26-5-7-27-16-24-29-14-21(15-30-24)20-4-6-28-23(13-20)31-22-3-1-2-19(12-22)17-32-8-10-33(11-9-32)18-25(34)35/h1-4,6,12-15,27H,5,7-11,16-18,26H2,(H,28,31)(H,34,35). The van der Waals surface area contributed by atoms with Gasteiger partial charge in [0, 0.05) is 75.7 Å². The van der Waals surface area contributed by atoms with Gasteiger partial charge in [-0.1, -0.05) is 12.1 Å². The van der Waals surface area contributed by atoms with Gasteiger partial charge < -0.3 is 21.5 Å². The summed E-state index contributed by atoms with van der Waals surface area (Å²) < 4.78 is 0. The highest BCUT2D eigenvalue weighted by Crippen LogP contribution is 2.23. The first-order valence-corrected chi connectivity index (χ1v) is 11.8. The van der Waals surface area contributed by atoms with E-state index in [0.717, 1.165) is 67.7 Å². The third kappa shape index (κ3) is 7.52. The van der Waals surface area contributed by atoms with Gasteiger partial charge in [-0.15, -0.1) is 0 Å². The van der Waals surface area contributed by atoms with Gasteiger partial charge in [-0.3, -0.25) is 14.6 Å². The summed E-state index contributed by atoms with van der Waals surface area (Å²) in [6.45, 7) is 6.11. The number of aliphatic carboxylic acids is 1. The van der Waals surface area contributed by atoms with Crippen LogP contribution in [0.15, 0.2) is 55.0 Å². The molecular formula is C25H32N8O2. The van der Waals surface area contributed by atoms with Crippen molar-refractivity contribution < 1.29 is 9.90 Å². The number of pyridine rings is 1. The number of aromatic nitrogens is 3. The van der Waals surface area contributed by atoms with Crippen LogP contribution in [0.2, 0.25) is 0 Å². The van der Waals surface area contributed by atoms with E-state index in [4.69, 9.17) is 10.8 Å². The van der Waals surface area contributed by atoms with Crippen molar-refractivity contribution in [3.63, 3.8) is 0 Å². The van der Waals surface area contributed by atoms with Crippen molar-refractivity contribution in [2.75, 3.05) is 51.1 Å². The molecule has 184 valence electrons. The molecule has 3 heterocycles. The monoisotopic (exact) mass is 476 g/mol. The van der Waals surface area contributed by atoms with Gasteiger partial charge in [0.15, 0.2) is 0 Å². The summed E-state index contributed by atoms with van der Waals surface area (Å²) >= 11 is 0. The maximum absolute atomic E-state index is 10.9. The molecule has 3 aromatic rings. The van der Waals surface area contributed by atoms with Crippen LogP contribution in [-0.2, 0) is 17.9 Å². The van der Waals surface area contributed by atoms with E-state index in [-0.39, 0.29) is 6.54 Å². The third-order valence-corrected chi connectivity index (χ3v) is 5.83. The summed E-state index contributed by atoms with van der Waals surface area (Å²) in [6, 6.07) is 12.2. The Labute approximate surface area is 205 Å². The van der Waals surface area contributed by atoms with Crippen LogP contribution in [-0.4, -0.2) is 81.6 Å². The maximum Gasteiger partial charge on any atom is 0.317 e. The lowest BCUT2D eigenvalue weighted by Crippen LogP contribution is -2.47. The van der Waals surface area contributed by atoms with Gasteiger partial charge in [0.1, 0.15) is 11.6 Å². The van der Waals surface area contributed by atoms with Crippen molar-refractivity contribution in [1.29, 1.82) is 0 Å². The first-order valence-electron chi connectivity index (χ1n) is 11.8. The second kappa shape index (κ2) is 12.3. The van der Waals surface area contributed by atoms with Crippen LogP contribution in [0.4, 0.5) is 11.5 Å². The summed E-state index contributed by atoms with van der Waals surface area (Å²) in [5.41, 5.74) is 9.57. The zero-order valence-electron chi connectivity index (χ0n) is 19.7. The van der Waals surface area contributed by atoms with E-state index in [2.05, 4.69) is 42.6 Å². The topological polar surface area (TPSA) is 133 Å². The molecule has 0 spiro atoms. The average Bonchev–Trinajstić information content (AvgIpc) is 2.86. The first-order chi connectivity index (χ1) is 17.1. The van der Waals surface area contributed by atoms with E-state index >= 15 is 0 Å². The Balaban J connectivity index is 1.35. The molecule has 1 aromatic carbocycles. The number of nitrogens with one attached hydrogen (secondary N) is 2. The highest BCUT2D eigenvalue weighted by molar-refractivity contribution is 5.69. The fraction of sp³-hybridized carbons (Fsp3) is 0.360. The number of carbonyl (C=O) groups is 1. The number of carboxylic acids is 1. The van der Waals surface area contributed by atoms with E-state index in [9.17, 15) is 4.79 Å². The summed E-state index contributed by atoms with van der Waals surface area (Å²) in [6.07, 6.45) is 5.42. The Kier molecular flexibility index (Phi) is 8.68. The number of piperazine rings is 1. The normalized spacial score (nSPS) is 14.7. The lowest BCUT2D eigenvalue weighted by atomic mass is 10.1. The van der Waals surface area contributed by atoms with Crippen LogP contribution in [0, 0.1) is 0 Å². The van der Waals surface area contributed by atoms with Crippen molar-refractivity contribution in [1.82, 2.24) is 30.1 Å². The molecule has 0 amide bonds. The Morgan fingerprint density at radius 3 is 2.51 bits per heavy atom. The zero-order chi connectivity index (χ0) is 24.5. The van der Waals surface area contributed by atoms with E-state index in [0.29, 0.717) is 13.1 Å². The molecular weight excluding hydrogens is 444 g/mol. The molecule has 10 nitrogen and oxygen atoms in total. The SMILES string of the molecule is NCCNCc1ncc(-c2ccnc(Nc3cccc(CN4CCN(CC(=O)O)CC4)c3)c2)cn1. The molecule has 1 aliphatic rings. The van der Waals surface area contributed by atoms with Crippen LogP contribution >= 0.6 is 0 Å². The van der Waals surface area contributed by atoms with Gasteiger partial charge in [0.2, 0.25) is 0 Å². The Morgan fingerprint density at radius 2 is 1.77 bits per heavy atom. The van der Waals surface area contributed by atoms with Gasteiger partial charge in [-0.2, -0.15) is 0 Å². The fourth-order valence-corrected chi connectivity index (χ4v) is 4.03. The summed E-state index contributed by atoms with van der Waals surface area (Å²) in [5.74, 6) is 0.709. The molecule has 1 fully saturated rings. The Morgan fingerprint density at radius 1 is 1.00 bits per heavy atom. The molecule has 4 rings (SSSR count). The molecule has 0 atom stereocenters. The van der Waals surface area contributed by atoms with Crippen molar-refractivity contribution in [3.8, 4) is 11.1 Å². The van der Waals surface area contributed by atoms with Crippen LogP contribution in [0.3, 0.4) is 0 Å². The van der Waals surface area contributed by atoms with E-state index in [1.54, 1.807) is 6.20 Å². The number of rotatable bonds is 11. The summed E-state index contributed by atoms with van der Waals surface area (Å²) in [5, 5.41) is 15.6. The maximum atomic E-state index is 10.9. The third-order valence-electron chi connectivity index (χ3n) is 5.83. The molecule has 0 radical (unpaired) electrons. The predicted octanol–water partition coefficient (Wildman–Crippen LogP) is 1.53. The van der Waals surface area contributed by atoms with Crippen LogP contribution in [0.1, 0.15) is 11.4 Å². The van der Waals surface area contributed by atoms with Gasteiger partial charge in [0.25, 0.3) is 0 Å². The van der Waals surface area contributed by atoms with Crippen molar-refractivity contribution >= 4 is 17.5 Å². The minimum Gasteiger partial charge on any atom is -0.480 e. The van der Waals surface area contributed by atoms with E-state index in [1.165, 1.54) is 5.56 Å². The zero-order valence-corrected chi connectivity index (χ0v) is 19.7. The van der Waals surface area contributed by atoms with Gasteiger partial charge in [-0.25, -0.2) is 15.0 Å². The fourth-order valence-electron chi connectivity index (χ4n) is 4.03. The molecule has 2 aromatic heterocycles. The molecule has 5 N–H and O–H groups in total. The largest absolute Gasteiger partial charge is 0.480 e. The minimum absolute atomic E-state index is 0.113. The lowest BCUT2D eigenvalue weighted by Gasteiger charge is -2.33. The smallest absolute Gasteiger partial charge is 0.317 e. The first kappa shape index (κ1) is 24.7. The van der Waals surface area contributed by atoms with Gasteiger partial charge >= 0.3 is 5.97 Å². The van der Waals surface area contributed by atoms with E-state index in [1.807, 2.05) is 41.6 Å². The molecule has 35 heavy (non-hydrogen) atoms. The van der Waals surface area contributed by atoms with Crippen LogP contribution < -0.4 is 16.4 Å². The number of hydrogen-bond acceptors (Lipinski definition) is 9. The number of carboxylic acid groups (broad SMARTS) is 1. The molecule has 1 aliphatic heterocycles. The molecule has 0 aliphatic carbocycles. The van der Waals surface area contributed by atoms with Crippen LogP contribution in [0.25, 0.3) is 11.1 Å². The van der Waals surface area contributed by atoms with Crippen LogP contribution in [0.5, 0.6) is 0 Å². The predicted molar refractivity (Wildman–Crippen MR) is 135 cm³/mol. The van der Waals surface area contributed by atoms with Gasteiger partial charge in [-0.05, 0) is 35.4 Å². The van der Waals surface area contributed by atoms with Crippen molar-refractivity contribution in [2.24, 2.45) is 5.73 Å². The minimum atomic E-state index is -0.768. The van der Waals surface area contributed by atoms with Crippen molar-refractivity contribution in [2.45, 2.75) is 13.1 Å².